The lowest BCUT2D eigenvalue weighted by molar-refractivity contribution is 0.204. The number of ether oxygens (including phenoxy) is 1. The van der Waals surface area contributed by atoms with Crippen LogP contribution in [0.25, 0.3) is 0 Å². The van der Waals surface area contributed by atoms with Gasteiger partial charge in [0.15, 0.2) is 0 Å². The van der Waals surface area contributed by atoms with Gasteiger partial charge in [-0.1, -0.05) is 11.6 Å². The second-order valence-corrected chi connectivity index (χ2v) is 3.46. The Morgan fingerprint density at radius 3 is 2.53 bits per heavy atom. The van der Waals surface area contributed by atoms with Gasteiger partial charge in [-0.2, -0.15) is 0 Å². The van der Waals surface area contributed by atoms with E-state index in [1.807, 2.05) is 0 Å². The average Bonchev–Trinajstić information content (AvgIpc) is 2.26. The maximum absolute atomic E-state index is 8.88. The lowest BCUT2D eigenvalue weighted by Crippen LogP contribution is -2.27. The molecular formula is C10H14ClNO3. The molecule has 0 aliphatic heterocycles. The van der Waals surface area contributed by atoms with Crippen molar-refractivity contribution < 1.29 is 14.9 Å². The molecule has 0 atom stereocenters. The Morgan fingerprint density at radius 1 is 1.40 bits per heavy atom. The lowest BCUT2D eigenvalue weighted by Gasteiger charge is -2.15. The van der Waals surface area contributed by atoms with Crippen LogP contribution in [-0.4, -0.2) is 36.6 Å². The van der Waals surface area contributed by atoms with E-state index in [-0.39, 0.29) is 19.3 Å². The maximum Gasteiger partial charge on any atom is 0.137 e. The van der Waals surface area contributed by atoms with Crippen LogP contribution in [0.5, 0.6) is 5.75 Å². The van der Waals surface area contributed by atoms with Crippen LogP contribution in [0, 0.1) is 0 Å². The fourth-order valence-corrected chi connectivity index (χ4v) is 1.40. The molecule has 1 rings (SSSR count). The molecule has 0 saturated heterocycles. The highest BCUT2D eigenvalue weighted by Crippen LogP contribution is 2.27. The molecule has 0 aliphatic rings. The molecule has 0 aromatic heterocycles. The highest BCUT2D eigenvalue weighted by molar-refractivity contribution is 6.32. The summed E-state index contributed by atoms with van der Waals surface area (Å²) in [5.41, 5.74) is 0.730. The van der Waals surface area contributed by atoms with Crippen LogP contribution in [0.15, 0.2) is 18.2 Å². The van der Waals surface area contributed by atoms with E-state index in [1.165, 1.54) is 0 Å². The Hall–Kier alpha value is -0.970. The molecule has 0 saturated carbocycles. The summed E-state index contributed by atoms with van der Waals surface area (Å²) in [4.78, 5) is 0. The van der Waals surface area contributed by atoms with E-state index in [0.29, 0.717) is 10.8 Å². The fourth-order valence-electron chi connectivity index (χ4n) is 1.14. The third-order valence-corrected chi connectivity index (χ3v) is 2.26. The van der Waals surface area contributed by atoms with Crippen LogP contribution < -0.4 is 10.1 Å². The van der Waals surface area contributed by atoms with Gasteiger partial charge in [0.25, 0.3) is 0 Å². The Balaban J connectivity index is 2.74. The van der Waals surface area contributed by atoms with Gasteiger partial charge in [-0.15, -0.1) is 0 Å². The molecule has 0 radical (unpaired) electrons. The second-order valence-electron chi connectivity index (χ2n) is 3.06. The smallest absolute Gasteiger partial charge is 0.137 e. The third-order valence-electron chi connectivity index (χ3n) is 1.96. The summed E-state index contributed by atoms with van der Waals surface area (Å²) in [6.07, 6.45) is 0. The summed E-state index contributed by atoms with van der Waals surface area (Å²) in [5.74, 6) is 0.590. The van der Waals surface area contributed by atoms with Crippen LogP contribution >= 0.6 is 11.6 Å². The Morgan fingerprint density at radius 2 is 2.07 bits per heavy atom. The van der Waals surface area contributed by atoms with Crippen molar-refractivity contribution in [3.8, 4) is 5.75 Å². The topological polar surface area (TPSA) is 61.7 Å². The van der Waals surface area contributed by atoms with E-state index in [1.54, 1.807) is 25.3 Å². The van der Waals surface area contributed by atoms with Gasteiger partial charge in [0.1, 0.15) is 5.75 Å². The molecule has 0 heterocycles. The molecule has 84 valence electrons. The summed E-state index contributed by atoms with van der Waals surface area (Å²) in [7, 11) is 1.54. The number of hydrogen-bond acceptors (Lipinski definition) is 4. The fraction of sp³-hybridized carbons (Fsp3) is 0.400. The first-order valence-electron chi connectivity index (χ1n) is 4.53. The predicted octanol–water partition coefficient (Wildman–Crippen LogP) is 1.11. The number of aliphatic hydroxyl groups excluding tert-OH is 2. The van der Waals surface area contributed by atoms with Gasteiger partial charge in [-0.3, -0.25) is 0 Å². The van der Waals surface area contributed by atoms with Crippen LogP contribution in [0.3, 0.4) is 0 Å². The molecular weight excluding hydrogens is 218 g/mol. The number of benzene rings is 1. The molecule has 5 heteroatoms. The maximum atomic E-state index is 8.88. The van der Waals surface area contributed by atoms with E-state index in [4.69, 9.17) is 26.6 Å². The number of anilines is 1. The van der Waals surface area contributed by atoms with Crippen LogP contribution in [0.2, 0.25) is 5.02 Å². The van der Waals surface area contributed by atoms with Gasteiger partial charge in [0.2, 0.25) is 0 Å². The van der Waals surface area contributed by atoms with Gasteiger partial charge in [-0.05, 0) is 18.2 Å². The average molecular weight is 232 g/mol. The van der Waals surface area contributed by atoms with E-state index >= 15 is 0 Å². The molecule has 0 amide bonds. The minimum absolute atomic E-state index is 0.139. The van der Waals surface area contributed by atoms with Crippen LogP contribution in [-0.2, 0) is 0 Å². The first-order chi connectivity index (χ1) is 7.21. The van der Waals surface area contributed by atoms with Gasteiger partial charge in [-0.25, -0.2) is 0 Å². The van der Waals surface area contributed by atoms with Crippen molar-refractivity contribution in [2.75, 3.05) is 25.6 Å². The molecule has 0 aliphatic carbocycles. The number of nitrogens with one attached hydrogen (secondary N) is 1. The van der Waals surface area contributed by atoms with Crippen molar-refractivity contribution in [2.24, 2.45) is 0 Å². The standard InChI is InChI=1S/C10H14ClNO3/c1-15-10-3-2-7(4-9(10)11)12-8(5-13)6-14/h2-4,8,12-14H,5-6H2,1H3. The Kier molecular flexibility index (Phi) is 4.68. The van der Waals surface area contributed by atoms with Crippen LogP contribution in [0.4, 0.5) is 5.69 Å². The summed E-state index contributed by atoms with van der Waals surface area (Å²) >= 11 is 5.91. The summed E-state index contributed by atoms with van der Waals surface area (Å²) in [6.45, 7) is -0.277. The minimum atomic E-state index is -0.380. The highest BCUT2D eigenvalue weighted by Gasteiger charge is 2.07. The van der Waals surface area contributed by atoms with Crippen molar-refractivity contribution in [3.63, 3.8) is 0 Å². The first-order valence-corrected chi connectivity index (χ1v) is 4.90. The highest BCUT2D eigenvalue weighted by atomic mass is 35.5. The molecule has 0 spiro atoms. The summed E-state index contributed by atoms with van der Waals surface area (Å²) < 4.78 is 5.00. The zero-order valence-corrected chi connectivity index (χ0v) is 9.16. The molecule has 0 fully saturated rings. The number of rotatable bonds is 5. The van der Waals surface area contributed by atoms with Gasteiger partial charge >= 0.3 is 0 Å². The molecule has 3 N–H and O–H groups in total. The van der Waals surface area contributed by atoms with Crippen molar-refractivity contribution in [1.82, 2.24) is 0 Å². The van der Waals surface area contributed by atoms with Gasteiger partial charge in [0.05, 0.1) is 31.4 Å². The lowest BCUT2D eigenvalue weighted by atomic mass is 10.2. The zero-order chi connectivity index (χ0) is 11.3. The summed E-state index contributed by atoms with van der Waals surface area (Å²) in [5, 5.41) is 21.2. The van der Waals surface area contributed by atoms with E-state index in [2.05, 4.69) is 5.32 Å². The SMILES string of the molecule is COc1ccc(NC(CO)CO)cc1Cl. The van der Waals surface area contributed by atoms with Crippen molar-refractivity contribution >= 4 is 17.3 Å². The zero-order valence-electron chi connectivity index (χ0n) is 8.40. The van der Waals surface area contributed by atoms with Crippen molar-refractivity contribution in [1.29, 1.82) is 0 Å². The quantitative estimate of drug-likeness (QED) is 0.711. The molecule has 15 heavy (non-hydrogen) atoms. The largest absolute Gasteiger partial charge is 0.495 e. The molecule has 1 aromatic rings. The number of hydrogen-bond donors (Lipinski definition) is 3. The predicted molar refractivity (Wildman–Crippen MR) is 59.6 cm³/mol. The van der Waals surface area contributed by atoms with Gasteiger partial charge < -0.3 is 20.3 Å². The van der Waals surface area contributed by atoms with E-state index in [9.17, 15) is 0 Å². The first kappa shape index (κ1) is 12.1. The molecule has 0 unspecified atom stereocenters. The van der Waals surface area contributed by atoms with E-state index < -0.39 is 0 Å². The second kappa shape index (κ2) is 5.80. The summed E-state index contributed by atoms with van der Waals surface area (Å²) in [6, 6.07) is 4.78. The minimum Gasteiger partial charge on any atom is -0.495 e. The van der Waals surface area contributed by atoms with Crippen molar-refractivity contribution in [3.05, 3.63) is 23.2 Å². The normalized spacial score (nSPS) is 10.5. The third kappa shape index (κ3) is 3.27. The Labute approximate surface area is 93.4 Å². The monoisotopic (exact) mass is 231 g/mol. The van der Waals surface area contributed by atoms with Gasteiger partial charge in [0, 0.05) is 5.69 Å². The number of methoxy groups -OCH3 is 1. The number of halogens is 1. The molecule has 4 nitrogen and oxygen atoms in total. The molecule has 0 bridgehead atoms. The Bertz CT molecular complexity index is 316. The van der Waals surface area contributed by atoms with Crippen molar-refractivity contribution in [2.45, 2.75) is 6.04 Å². The van der Waals surface area contributed by atoms with E-state index in [0.717, 1.165) is 5.69 Å². The molecule has 1 aromatic carbocycles. The van der Waals surface area contributed by atoms with Crippen LogP contribution in [0.1, 0.15) is 0 Å². The number of aliphatic hydroxyl groups is 2.